The summed E-state index contributed by atoms with van der Waals surface area (Å²) in [5, 5.41) is 3.10. The smallest absolute Gasteiger partial charge is 0.325 e. The number of amides is 2. The van der Waals surface area contributed by atoms with Crippen molar-refractivity contribution in [2.45, 2.75) is 13.0 Å². The third-order valence-electron chi connectivity index (χ3n) is 6.03. The van der Waals surface area contributed by atoms with E-state index in [4.69, 9.17) is 21.1 Å². The van der Waals surface area contributed by atoms with Gasteiger partial charge < -0.3 is 24.4 Å². The standard InChI is InChI=1S/C29H28ClN3O6/c1-37-27(35)17-32-29(36)28-25(39-18-20-5-3-2-4-6-20)15-22(16-31-28)21-11-13-33(14-12-21)26(34)19-38-24-9-7-23(30)8-10-24/h2-11,15-16H,12-14,17-19H2,1H3,(H,32,36). The van der Waals surface area contributed by atoms with Crippen LogP contribution >= 0.6 is 11.6 Å². The lowest BCUT2D eigenvalue weighted by Gasteiger charge is -2.27. The quantitative estimate of drug-likeness (QED) is 0.382. The molecule has 0 saturated heterocycles. The van der Waals surface area contributed by atoms with E-state index in [9.17, 15) is 14.4 Å². The van der Waals surface area contributed by atoms with Gasteiger partial charge in [0.2, 0.25) is 0 Å². The molecular weight excluding hydrogens is 522 g/mol. The van der Waals surface area contributed by atoms with E-state index in [1.807, 2.05) is 36.4 Å². The van der Waals surface area contributed by atoms with Gasteiger partial charge in [0.15, 0.2) is 18.1 Å². The molecule has 0 aliphatic carbocycles. The Balaban J connectivity index is 1.44. The monoisotopic (exact) mass is 549 g/mol. The molecule has 2 heterocycles. The Labute approximate surface area is 231 Å². The van der Waals surface area contributed by atoms with E-state index < -0.39 is 11.9 Å². The number of aromatic nitrogens is 1. The molecule has 1 aliphatic rings. The van der Waals surface area contributed by atoms with Crippen molar-refractivity contribution in [3.8, 4) is 11.5 Å². The van der Waals surface area contributed by atoms with Gasteiger partial charge in [-0.3, -0.25) is 14.4 Å². The average molecular weight is 550 g/mol. The summed E-state index contributed by atoms with van der Waals surface area (Å²) in [4.78, 5) is 42.9. The summed E-state index contributed by atoms with van der Waals surface area (Å²) in [5.74, 6) is -0.384. The topological polar surface area (TPSA) is 107 Å². The van der Waals surface area contributed by atoms with Crippen LogP contribution in [0.4, 0.5) is 0 Å². The molecule has 2 aromatic carbocycles. The van der Waals surface area contributed by atoms with Crippen molar-refractivity contribution in [2.75, 3.05) is 33.4 Å². The number of rotatable bonds is 10. The van der Waals surface area contributed by atoms with Gasteiger partial charge in [0.05, 0.1) is 7.11 Å². The zero-order valence-corrected chi connectivity index (χ0v) is 22.1. The predicted molar refractivity (Wildman–Crippen MR) is 145 cm³/mol. The zero-order valence-electron chi connectivity index (χ0n) is 21.4. The number of methoxy groups -OCH3 is 1. The molecule has 2 amide bonds. The summed E-state index contributed by atoms with van der Waals surface area (Å²) in [6, 6.07) is 18.1. The number of ether oxygens (including phenoxy) is 3. The van der Waals surface area contributed by atoms with E-state index >= 15 is 0 Å². The van der Waals surface area contributed by atoms with E-state index in [0.717, 1.165) is 16.7 Å². The lowest BCUT2D eigenvalue weighted by Crippen LogP contribution is -2.37. The number of hydrogen-bond donors (Lipinski definition) is 1. The normalized spacial score (nSPS) is 12.8. The molecule has 1 aliphatic heterocycles. The number of esters is 1. The molecule has 0 bridgehead atoms. The fourth-order valence-electron chi connectivity index (χ4n) is 3.87. The van der Waals surface area contributed by atoms with E-state index in [1.165, 1.54) is 7.11 Å². The van der Waals surface area contributed by atoms with Crippen LogP contribution in [0.15, 0.2) is 72.9 Å². The summed E-state index contributed by atoms with van der Waals surface area (Å²) in [5.41, 5.74) is 2.75. The summed E-state index contributed by atoms with van der Waals surface area (Å²) in [6.45, 7) is 0.807. The first-order valence-corrected chi connectivity index (χ1v) is 12.7. The highest BCUT2D eigenvalue weighted by Gasteiger charge is 2.21. The fraction of sp³-hybridized carbons (Fsp3) is 0.241. The van der Waals surface area contributed by atoms with E-state index in [2.05, 4.69) is 15.0 Å². The summed E-state index contributed by atoms with van der Waals surface area (Å²) >= 11 is 5.88. The predicted octanol–water partition coefficient (Wildman–Crippen LogP) is 3.91. The van der Waals surface area contributed by atoms with Crippen LogP contribution in [0.3, 0.4) is 0 Å². The molecule has 4 rings (SSSR count). The molecular formula is C29H28ClN3O6. The number of halogens is 1. The number of carbonyl (C=O) groups is 3. The summed E-state index contributed by atoms with van der Waals surface area (Å²) in [7, 11) is 1.25. The van der Waals surface area contributed by atoms with Crippen molar-refractivity contribution in [2.24, 2.45) is 0 Å². The van der Waals surface area contributed by atoms with E-state index in [-0.39, 0.29) is 37.1 Å². The van der Waals surface area contributed by atoms with Crippen molar-refractivity contribution in [1.29, 1.82) is 0 Å². The minimum absolute atomic E-state index is 0.0612. The number of hydrogen-bond acceptors (Lipinski definition) is 7. The number of nitrogens with zero attached hydrogens (tertiary/aromatic N) is 2. The Kier molecular flexibility index (Phi) is 9.53. The summed E-state index contributed by atoms with van der Waals surface area (Å²) in [6.07, 6.45) is 4.15. The molecule has 1 aromatic heterocycles. The number of pyridine rings is 1. The first-order chi connectivity index (χ1) is 18.9. The Hall–Kier alpha value is -4.37. The first-order valence-electron chi connectivity index (χ1n) is 12.3. The van der Waals surface area contributed by atoms with Gasteiger partial charge in [-0.25, -0.2) is 4.98 Å². The third-order valence-corrected chi connectivity index (χ3v) is 6.29. The van der Waals surface area contributed by atoms with Gasteiger partial charge in [-0.1, -0.05) is 48.0 Å². The molecule has 9 nitrogen and oxygen atoms in total. The highest BCUT2D eigenvalue weighted by atomic mass is 35.5. The minimum atomic E-state index is -0.572. The van der Waals surface area contributed by atoms with Crippen molar-refractivity contribution in [1.82, 2.24) is 15.2 Å². The van der Waals surface area contributed by atoms with E-state index in [0.29, 0.717) is 30.3 Å². The Bertz CT molecular complexity index is 1340. The van der Waals surface area contributed by atoms with Crippen molar-refractivity contribution >= 4 is 35.0 Å². The second kappa shape index (κ2) is 13.4. The van der Waals surface area contributed by atoms with Crippen LogP contribution in [0.1, 0.15) is 28.0 Å². The second-order valence-electron chi connectivity index (χ2n) is 8.67. The molecule has 3 aromatic rings. The molecule has 0 fully saturated rings. The first kappa shape index (κ1) is 27.7. The molecule has 1 N–H and O–H groups in total. The maximum atomic E-state index is 12.7. The van der Waals surface area contributed by atoms with Crippen LogP contribution in [-0.2, 0) is 20.9 Å². The lowest BCUT2D eigenvalue weighted by atomic mass is 10.0. The maximum Gasteiger partial charge on any atom is 0.325 e. The SMILES string of the molecule is COC(=O)CNC(=O)c1ncc(C2=CCN(C(=O)COc3ccc(Cl)cc3)CC2)cc1OCc1ccccc1. The van der Waals surface area contributed by atoms with Crippen molar-refractivity contribution < 1.29 is 28.6 Å². The molecule has 0 atom stereocenters. The van der Waals surface area contributed by atoms with Gasteiger partial charge in [0, 0.05) is 24.3 Å². The summed E-state index contributed by atoms with van der Waals surface area (Å²) < 4.78 is 16.2. The molecule has 0 spiro atoms. The highest BCUT2D eigenvalue weighted by molar-refractivity contribution is 6.30. The Morgan fingerprint density at radius 3 is 2.51 bits per heavy atom. The van der Waals surface area contributed by atoms with Crippen LogP contribution in [0, 0.1) is 0 Å². The molecule has 0 unspecified atom stereocenters. The van der Waals surface area contributed by atoms with Crippen LogP contribution < -0.4 is 14.8 Å². The fourth-order valence-corrected chi connectivity index (χ4v) is 4.00. The second-order valence-corrected chi connectivity index (χ2v) is 9.10. The number of carbonyl (C=O) groups excluding carboxylic acids is 3. The maximum absolute atomic E-state index is 12.7. The van der Waals surface area contributed by atoms with Crippen LogP contribution in [0.2, 0.25) is 5.02 Å². The Morgan fingerprint density at radius 2 is 1.82 bits per heavy atom. The third kappa shape index (κ3) is 7.81. The van der Waals surface area contributed by atoms with Gasteiger partial charge in [-0.15, -0.1) is 0 Å². The van der Waals surface area contributed by atoms with Gasteiger partial charge in [-0.05, 0) is 53.5 Å². The average Bonchev–Trinajstić information content (AvgIpc) is 2.98. The van der Waals surface area contributed by atoms with Crippen molar-refractivity contribution in [3.05, 3.63) is 94.8 Å². The number of nitrogens with one attached hydrogen (secondary N) is 1. The Morgan fingerprint density at radius 1 is 1.05 bits per heavy atom. The van der Waals surface area contributed by atoms with Crippen LogP contribution in [0.25, 0.3) is 5.57 Å². The zero-order chi connectivity index (χ0) is 27.6. The van der Waals surface area contributed by atoms with Gasteiger partial charge >= 0.3 is 5.97 Å². The highest BCUT2D eigenvalue weighted by Crippen LogP contribution is 2.28. The molecule has 202 valence electrons. The van der Waals surface area contributed by atoms with Gasteiger partial charge in [0.1, 0.15) is 18.9 Å². The van der Waals surface area contributed by atoms with Crippen molar-refractivity contribution in [3.63, 3.8) is 0 Å². The van der Waals surface area contributed by atoms with Crippen LogP contribution in [0.5, 0.6) is 11.5 Å². The van der Waals surface area contributed by atoms with Gasteiger partial charge in [0.25, 0.3) is 11.8 Å². The molecule has 0 saturated carbocycles. The van der Waals surface area contributed by atoms with E-state index in [1.54, 1.807) is 41.4 Å². The molecule has 39 heavy (non-hydrogen) atoms. The number of benzene rings is 2. The minimum Gasteiger partial charge on any atom is -0.486 e. The molecule has 10 heteroatoms. The van der Waals surface area contributed by atoms with Gasteiger partial charge in [-0.2, -0.15) is 0 Å². The lowest BCUT2D eigenvalue weighted by molar-refractivity contribution is -0.139. The van der Waals surface area contributed by atoms with Crippen LogP contribution in [-0.4, -0.2) is 61.0 Å². The largest absolute Gasteiger partial charge is 0.486 e. The molecule has 0 radical (unpaired) electrons.